The maximum absolute atomic E-state index is 12.0. The number of allylic oxidation sites excluding steroid dienone is 1. The predicted molar refractivity (Wildman–Crippen MR) is 88.2 cm³/mol. The quantitative estimate of drug-likeness (QED) is 0.673. The van der Waals surface area contributed by atoms with Crippen LogP contribution in [0.15, 0.2) is 36.4 Å². The average molecular weight is 318 g/mol. The molecular formula is C17H22N2O4. The third-order valence-electron chi connectivity index (χ3n) is 3.23. The van der Waals surface area contributed by atoms with Crippen LogP contribution in [0.4, 0.5) is 5.69 Å². The number of carbonyl (C=O) groups excluding carboxylic acids is 2. The van der Waals surface area contributed by atoms with Gasteiger partial charge in [-0.2, -0.15) is 0 Å². The van der Waals surface area contributed by atoms with E-state index >= 15 is 0 Å². The van der Waals surface area contributed by atoms with Crippen LogP contribution < -0.4 is 10.6 Å². The van der Waals surface area contributed by atoms with Crippen molar-refractivity contribution in [1.82, 2.24) is 5.32 Å². The van der Waals surface area contributed by atoms with Crippen molar-refractivity contribution in [3.05, 3.63) is 42.0 Å². The molecule has 0 aliphatic carbocycles. The largest absolute Gasteiger partial charge is 0.480 e. The maximum Gasteiger partial charge on any atom is 0.325 e. The predicted octanol–water partition coefficient (Wildman–Crippen LogP) is 2.43. The molecule has 0 heterocycles. The van der Waals surface area contributed by atoms with E-state index < -0.39 is 17.9 Å². The molecular weight excluding hydrogens is 296 g/mol. The number of aliphatic carboxylic acids is 1. The summed E-state index contributed by atoms with van der Waals surface area (Å²) >= 11 is 0. The van der Waals surface area contributed by atoms with Gasteiger partial charge in [0.25, 0.3) is 5.91 Å². The summed E-state index contributed by atoms with van der Waals surface area (Å²) in [6.07, 6.45) is 0.611. The van der Waals surface area contributed by atoms with Gasteiger partial charge in [-0.05, 0) is 44.5 Å². The van der Waals surface area contributed by atoms with Gasteiger partial charge in [-0.25, -0.2) is 0 Å². The summed E-state index contributed by atoms with van der Waals surface area (Å²) in [4.78, 5) is 34.6. The molecule has 6 heteroatoms. The van der Waals surface area contributed by atoms with Crippen molar-refractivity contribution < 1.29 is 19.5 Å². The molecule has 1 rings (SSSR count). The highest BCUT2D eigenvalue weighted by Gasteiger charge is 2.16. The molecule has 3 N–H and O–H groups in total. The number of rotatable bonds is 7. The van der Waals surface area contributed by atoms with Crippen LogP contribution in [0.5, 0.6) is 0 Å². The van der Waals surface area contributed by atoms with Gasteiger partial charge in [-0.1, -0.05) is 12.5 Å². The normalized spacial score (nSPS) is 12.8. The van der Waals surface area contributed by atoms with Crippen LogP contribution in [-0.4, -0.2) is 28.9 Å². The Labute approximate surface area is 135 Å². The standard InChI is InChI=1S/C17H22N2O4/c1-10(2)9-11(3)15(20)19-14-7-5-13(6-8-14)16(21)18-12(4)17(22)23/h5-8,11-12H,1,9H2,2-4H3,(H,18,21)(H,19,20)(H,22,23). The minimum absolute atomic E-state index is 0.121. The summed E-state index contributed by atoms with van der Waals surface area (Å²) in [5.74, 6) is -1.89. The first-order valence-electron chi connectivity index (χ1n) is 7.29. The fraction of sp³-hybridized carbons (Fsp3) is 0.353. The van der Waals surface area contributed by atoms with E-state index in [1.165, 1.54) is 19.1 Å². The summed E-state index contributed by atoms with van der Waals surface area (Å²) in [5.41, 5.74) is 1.84. The van der Waals surface area contributed by atoms with E-state index in [1.54, 1.807) is 12.1 Å². The minimum Gasteiger partial charge on any atom is -0.480 e. The Hall–Kier alpha value is -2.63. The fourth-order valence-corrected chi connectivity index (χ4v) is 1.93. The Balaban J connectivity index is 2.66. The Bertz CT molecular complexity index is 608. The van der Waals surface area contributed by atoms with Gasteiger partial charge in [0.05, 0.1) is 0 Å². The zero-order chi connectivity index (χ0) is 17.6. The van der Waals surface area contributed by atoms with Gasteiger partial charge >= 0.3 is 5.97 Å². The summed E-state index contributed by atoms with van der Waals surface area (Å²) in [7, 11) is 0. The van der Waals surface area contributed by atoms with Crippen LogP contribution in [0.25, 0.3) is 0 Å². The third-order valence-corrected chi connectivity index (χ3v) is 3.23. The van der Waals surface area contributed by atoms with Crippen LogP contribution in [-0.2, 0) is 9.59 Å². The van der Waals surface area contributed by atoms with Gasteiger partial charge in [0.2, 0.25) is 5.91 Å². The van der Waals surface area contributed by atoms with Gasteiger partial charge in [0.1, 0.15) is 6.04 Å². The number of anilines is 1. The molecule has 1 aromatic rings. The number of nitrogens with one attached hydrogen (secondary N) is 2. The zero-order valence-corrected chi connectivity index (χ0v) is 13.6. The Kier molecular flexibility index (Phi) is 6.50. The highest BCUT2D eigenvalue weighted by atomic mass is 16.4. The second-order valence-electron chi connectivity index (χ2n) is 5.66. The Morgan fingerprint density at radius 2 is 1.74 bits per heavy atom. The highest BCUT2D eigenvalue weighted by Crippen LogP contribution is 2.14. The molecule has 0 saturated heterocycles. The van der Waals surface area contributed by atoms with Gasteiger partial charge in [-0.15, -0.1) is 6.58 Å². The molecule has 0 aromatic heterocycles. The molecule has 0 aliphatic rings. The molecule has 2 atom stereocenters. The molecule has 2 amide bonds. The summed E-state index contributed by atoms with van der Waals surface area (Å²) in [6.45, 7) is 8.86. The van der Waals surface area contributed by atoms with Gasteiger partial charge < -0.3 is 15.7 Å². The summed E-state index contributed by atoms with van der Waals surface area (Å²) in [5, 5.41) is 13.9. The van der Waals surface area contributed by atoms with Crippen molar-refractivity contribution in [2.75, 3.05) is 5.32 Å². The second kappa shape index (κ2) is 8.12. The van der Waals surface area contributed by atoms with Crippen molar-refractivity contribution in [3.63, 3.8) is 0 Å². The molecule has 0 fully saturated rings. The number of carboxylic acids is 1. The molecule has 0 bridgehead atoms. The number of carbonyl (C=O) groups is 3. The van der Waals surface area contributed by atoms with E-state index in [0.717, 1.165) is 5.57 Å². The van der Waals surface area contributed by atoms with Crippen LogP contribution in [0, 0.1) is 5.92 Å². The molecule has 1 aromatic carbocycles. The average Bonchev–Trinajstić information content (AvgIpc) is 2.46. The number of hydrogen-bond acceptors (Lipinski definition) is 3. The molecule has 23 heavy (non-hydrogen) atoms. The van der Waals surface area contributed by atoms with E-state index in [0.29, 0.717) is 17.7 Å². The Morgan fingerprint density at radius 1 is 1.17 bits per heavy atom. The molecule has 0 saturated carbocycles. The lowest BCUT2D eigenvalue weighted by Crippen LogP contribution is -2.38. The highest BCUT2D eigenvalue weighted by molar-refractivity contribution is 5.97. The molecule has 6 nitrogen and oxygen atoms in total. The lowest BCUT2D eigenvalue weighted by atomic mass is 10.0. The molecule has 0 radical (unpaired) electrons. The van der Waals surface area contributed by atoms with Gasteiger partial charge in [0, 0.05) is 17.2 Å². The van der Waals surface area contributed by atoms with Crippen molar-refractivity contribution in [3.8, 4) is 0 Å². The van der Waals surface area contributed by atoms with Crippen molar-refractivity contribution in [1.29, 1.82) is 0 Å². The van der Waals surface area contributed by atoms with Crippen LogP contribution >= 0.6 is 0 Å². The Morgan fingerprint density at radius 3 is 2.22 bits per heavy atom. The van der Waals surface area contributed by atoms with Crippen LogP contribution in [0.3, 0.4) is 0 Å². The first-order valence-corrected chi connectivity index (χ1v) is 7.29. The topological polar surface area (TPSA) is 95.5 Å². The maximum atomic E-state index is 12.0. The van der Waals surface area contributed by atoms with Crippen LogP contribution in [0.1, 0.15) is 37.6 Å². The van der Waals surface area contributed by atoms with E-state index in [2.05, 4.69) is 17.2 Å². The van der Waals surface area contributed by atoms with E-state index in [1.807, 2.05) is 13.8 Å². The minimum atomic E-state index is -1.10. The van der Waals surface area contributed by atoms with Gasteiger partial charge in [-0.3, -0.25) is 14.4 Å². The van der Waals surface area contributed by atoms with Crippen molar-refractivity contribution >= 4 is 23.5 Å². The summed E-state index contributed by atoms with van der Waals surface area (Å²) < 4.78 is 0. The lowest BCUT2D eigenvalue weighted by molar-refractivity contribution is -0.138. The smallest absolute Gasteiger partial charge is 0.325 e. The lowest BCUT2D eigenvalue weighted by Gasteiger charge is -2.13. The molecule has 0 spiro atoms. The molecule has 0 aliphatic heterocycles. The second-order valence-corrected chi connectivity index (χ2v) is 5.66. The van der Waals surface area contributed by atoms with Gasteiger partial charge in [0.15, 0.2) is 0 Å². The van der Waals surface area contributed by atoms with E-state index in [-0.39, 0.29) is 11.8 Å². The van der Waals surface area contributed by atoms with Crippen molar-refractivity contribution in [2.45, 2.75) is 33.2 Å². The third kappa shape index (κ3) is 5.94. The number of amides is 2. The molecule has 2 unspecified atom stereocenters. The first kappa shape index (κ1) is 18.4. The van der Waals surface area contributed by atoms with Crippen molar-refractivity contribution in [2.24, 2.45) is 5.92 Å². The number of hydrogen-bond donors (Lipinski definition) is 3. The van der Waals surface area contributed by atoms with E-state index in [4.69, 9.17) is 5.11 Å². The zero-order valence-electron chi connectivity index (χ0n) is 13.6. The van der Waals surface area contributed by atoms with Crippen LogP contribution in [0.2, 0.25) is 0 Å². The molecule has 124 valence electrons. The SMILES string of the molecule is C=C(C)CC(C)C(=O)Nc1ccc(C(=O)NC(C)C(=O)O)cc1. The first-order chi connectivity index (χ1) is 10.7. The monoisotopic (exact) mass is 318 g/mol. The number of carboxylic acid groups (broad SMARTS) is 1. The fourth-order valence-electron chi connectivity index (χ4n) is 1.93. The van der Waals surface area contributed by atoms with E-state index in [9.17, 15) is 14.4 Å². The summed E-state index contributed by atoms with van der Waals surface area (Å²) in [6, 6.07) is 5.30. The number of benzene rings is 1.